The molecule has 4 heteroatoms. The Morgan fingerprint density at radius 1 is 1.25 bits per heavy atom. The molecule has 0 saturated carbocycles. The Kier molecular flexibility index (Phi) is 4.51. The highest BCUT2D eigenvalue weighted by molar-refractivity contribution is 5.93. The minimum absolute atomic E-state index is 0.0835. The van der Waals surface area contributed by atoms with Crippen LogP contribution < -0.4 is 11.1 Å². The SMILES string of the molecule is CCc1ccccc1NC(=O)CCC(N)=O. The fourth-order valence-corrected chi connectivity index (χ4v) is 1.40. The summed E-state index contributed by atoms with van der Waals surface area (Å²) >= 11 is 0. The number of aryl methyl sites for hydroxylation is 1. The molecule has 16 heavy (non-hydrogen) atoms. The van der Waals surface area contributed by atoms with Gasteiger partial charge in [-0.05, 0) is 18.1 Å². The number of nitrogens with two attached hydrogens (primary N) is 1. The van der Waals surface area contributed by atoms with E-state index < -0.39 is 5.91 Å². The van der Waals surface area contributed by atoms with Gasteiger partial charge in [-0.15, -0.1) is 0 Å². The number of carbonyl (C=O) groups excluding carboxylic acids is 2. The first-order valence-corrected chi connectivity index (χ1v) is 5.29. The fourth-order valence-electron chi connectivity index (χ4n) is 1.40. The third-order valence-electron chi connectivity index (χ3n) is 2.27. The van der Waals surface area contributed by atoms with Gasteiger partial charge in [0.25, 0.3) is 0 Å². The van der Waals surface area contributed by atoms with Crippen LogP contribution in [0.1, 0.15) is 25.3 Å². The quantitative estimate of drug-likeness (QED) is 0.788. The highest BCUT2D eigenvalue weighted by Gasteiger charge is 2.06. The highest BCUT2D eigenvalue weighted by Crippen LogP contribution is 2.15. The minimum atomic E-state index is -0.459. The molecule has 1 aromatic rings. The normalized spacial score (nSPS) is 9.81. The van der Waals surface area contributed by atoms with Gasteiger partial charge in [0.1, 0.15) is 0 Å². The summed E-state index contributed by atoms with van der Waals surface area (Å²) in [6, 6.07) is 7.60. The summed E-state index contributed by atoms with van der Waals surface area (Å²) in [6.07, 6.45) is 1.07. The van der Waals surface area contributed by atoms with Crippen LogP contribution in [0.3, 0.4) is 0 Å². The number of anilines is 1. The maximum Gasteiger partial charge on any atom is 0.224 e. The number of para-hydroxylation sites is 1. The topological polar surface area (TPSA) is 72.2 Å². The van der Waals surface area contributed by atoms with Gasteiger partial charge in [0.2, 0.25) is 11.8 Å². The van der Waals surface area contributed by atoms with Gasteiger partial charge in [0.15, 0.2) is 0 Å². The van der Waals surface area contributed by atoms with E-state index in [1.807, 2.05) is 31.2 Å². The Balaban J connectivity index is 2.58. The second kappa shape index (κ2) is 5.90. The number of amides is 2. The molecule has 0 spiro atoms. The zero-order valence-corrected chi connectivity index (χ0v) is 9.32. The van der Waals surface area contributed by atoms with Crippen LogP contribution in [-0.4, -0.2) is 11.8 Å². The largest absolute Gasteiger partial charge is 0.370 e. The summed E-state index contributed by atoms with van der Waals surface area (Å²) in [6.45, 7) is 2.02. The van der Waals surface area contributed by atoms with E-state index in [2.05, 4.69) is 5.32 Å². The predicted molar refractivity (Wildman–Crippen MR) is 62.9 cm³/mol. The molecule has 0 atom stereocenters. The van der Waals surface area contributed by atoms with Gasteiger partial charge in [0, 0.05) is 18.5 Å². The molecule has 0 fully saturated rings. The Hall–Kier alpha value is -1.84. The van der Waals surface area contributed by atoms with E-state index in [0.29, 0.717) is 0 Å². The highest BCUT2D eigenvalue weighted by atomic mass is 16.2. The Morgan fingerprint density at radius 2 is 1.94 bits per heavy atom. The molecule has 0 heterocycles. The Morgan fingerprint density at radius 3 is 2.56 bits per heavy atom. The zero-order chi connectivity index (χ0) is 12.0. The summed E-state index contributed by atoms with van der Waals surface area (Å²) < 4.78 is 0. The van der Waals surface area contributed by atoms with E-state index in [-0.39, 0.29) is 18.7 Å². The van der Waals surface area contributed by atoms with E-state index in [4.69, 9.17) is 5.73 Å². The molecule has 0 saturated heterocycles. The van der Waals surface area contributed by atoms with Crippen molar-refractivity contribution in [2.45, 2.75) is 26.2 Å². The van der Waals surface area contributed by atoms with Crippen LogP contribution in [0.5, 0.6) is 0 Å². The number of benzene rings is 1. The average molecular weight is 220 g/mol. The van der Waals surface area contributed by atoms with Gasteiger partial charge >= 0.3 is 0 Å². The molecule has 2 amide bonds. The first kappa shape index (κ1) is 12.2. The first-order chi connectivity index (χ1) is 7.63. The van der Waals surface area contributed by atoms with Crippen molar-refractivity contribution in [2.24, 2.45) is 5.73 Å². The van der Waals surface area contributed by atoms with Crippen LogP contribution in [-0.2, 0) is 16.0 Å². The molecule has 0 aliphatic rings. The van der Waals surface area contributed by atoms with E-state index in [0.717, 1.165) is 17.7 Å². The van der Waals surface area contributed by atoms with Crippen LogP contribution in [0.2, 0.25) is 0 Å². The van der Waals surface area contributed by atoms with Crippen molar-refractivity contribution in [3.05, 3.63) is 29.8 Å². The lowest BCUT2D eigenvalue weighted by molar-refractivity contribution is -0.122. The van der Waals surface area contributed by atoms with E-state index in [9.17, 15) is 9.59 Å². The Labute approximate surface area is 94.8 Å². The van der Waals surface area contributed by atoms with Gasteiger partial charge in [-0.3, -0.25) is 9.59 Å². The molecule has 1 aromatic carbocycles. The lowest BCUT2D eigenvalue weighted by atomic mass is 10.1. The summed E-state index contributed by atoms with van der Waals surface area (Å²) in [5.74, 6) is -0.640. The van der Waals surface area contributed by atoms with Crippen molar-refractivity contribution >= 4 is 17.5 Å². The van der Waals surface area contributed by atoms with Crippen LogP contribution in [0.15, 0.2) is 24.3 Å². The van der Waals surface area contributed by atoms with Crippen molar-refractivity contribution in [3.8, 4) is 0 Å². The van der Waals surface area contributed by atoms with Crippen molar-refractivity contribution < 1.29 is 9.59 Å². The lowest BCUT2D eigenvalue weighted by Crippen LogP contribution is -2.17. The van der Waals surface area contributed by atoms with Crippen LogP contribution in [0, 0.1) is 0 Å². The smallest absolute Gasteiger partial charge is 0.224 e. The average Bonchev–Trinajstić information content (AvgIpc) is 2.27. The number of primary amides is 1. The first-order valence-electron chi connectivity index (χ1n) is 5.29. The molecule has 0 unspecified atom stereocenters. The maximum absolute atomic E-state index is 11.5. The predicted octanol–water partition coefficient (Wildman–Crippen LogP) is 1.45. The number of hydrogen-bond donors (Lipinski definition) is 2. The maximum atomic E-state index is 11.5. The Bertz CT molecular complexity index is 388. The molecule has 0 radical (unpaired) electrons. The fraction of sp³-hybridized carbons (Fsp3) is 0.333. The molecule has 0 aliphatic carbocycles. The third-order valence-corrected chi connectivity index (χ3v) is 2.27. The van der Waals surface area contributed by atoms with E-state index in [1.54, 1.807) is 0 Å². The van der Waals surface area contributed by atoms with Crippen LogP contribution >= 0.6 is 0 Å². The van der Waals surface area contributed by atoms with Gasteiger partial charge in [-0.25, -0.2) is 0 Å². The number of carbonyl (C=O) groups is 2. The summed E-state index contributed by atoms with van der Waals surface area (Å²) in [4.78, 5) is 22.0. The zero-order valence-electron chi connectivity index (χ0n) is 9.32. The number of nitrogens with one attached hydrogen (secondary N) is 1. The van der Waals surface area contributed by atoms with Gasteiger partial charge in [-0.2, -0.15) is 0 Å². The van der Waals surface area contributed by atoms with Crippen LogP contribution in [0.4, 0.5) is 5.69 Å². The third kappa shape index (κ3) is 3.73. The minimum Gasteiger partial charge on any atom is -0.370 e. The van der Waals surface area contributed by atoms with Crippen molar-refractivity contribution in [1.82, 2.24) is 0 Å². The van der Waals surface area contributed by atoms with Crippen molar-refractivity contribution in [1.29, 1.82) is 0 Å². The number of hydrogen-bond acceptors (Lipinski definition) is 2. The molecule has 4 nitrogen and oxygen atoms in total. The molecule has 3 N–H and O–H groups in total. The summed E-state index contributed by atoms with van der Waals surface area (Å²) in [5, 5.41) is 2.77. The lowest BCUT2D eigenvalue weighted by Gasteiger charge is -2.08. The van der Waals surface area contributed by atoms with E-state index >= 15 is 0 Å². The van der Waals surface area contributed by atoms with E-state index in [1.165, 1.54) is 0 Å². The van der Waals surface area contributed by atoms with Crippen LogP contribution in [0.25, 0.3) is 0 Å². The molecule has 1 rings (SSSR count). The molecule has 0 aromatic heterocycles. The molecular weight excluding hydrogens is 204 g/mol. The van der Waals surface area contributed by atoms with Gasteiger partial charge in [0.05, 0.1) is 0 Å². The van der Waals surface area contributed by atoms with Gasteiger partial charge in [-0.1, -0.05) is 25.1 Å². The molecule has 0 bridgehead atoms. The van der Waals surface area contributed by atoms with Gasteiger partial charge < -0.3 is 11.1 Å². The molecule has 0 aliphatic heterocycles. The standard InChI is InChI=1S/C12H16N2O2/c1-2-9-5-3-4-6-10(9)14-12(16)8-7-11(13)15/h3-6H,2,7-8H2,1H3,(H2,13,15)(H,14,16). The summed E-state index contributed by atoms with van der Waals surface area (Å²) in [7, 11) is 0. The summed E-state index contributed by atoms with van der Waals surface area (Å²) in [5.41, 5.74) is 6.85. The monoisotopic (exact) mass is 220 g/mol. The molecule has 86 valence electrons. The second-order valence-corrected chi connectivity index (χ2v) is 3.53. The number of rotatable bonds is 5. The molecular formula is C12H16N2O2. The van der Waals surface area contributed by atoms with Crippen molar-refractivity contribution in [3.63, 3.8) is 0 Å². The van der Waals surface area contributed by atoms with Crippen molar-refractivity contribution in [2.75, 3.05) is 5.32 Å². The second-order valence-electron chi connectivity index (χ2n) is 3.53.